The molecule has 154 valence electrons. The fourth-order valence-corrected chi connectivity index (χ4v) is 5.30. The van der Waals surface area contributed by atoms with Crippen LogP contribution in [0.15, 0.2) is 41.8 Å². The van der Waals surface area contributed by atoms with E-state index in [1.165, 1.54) is 11.3 Å². The second kappa shape index (κ2) is 8.76. The topological polar surface area (TPSA) is 55.4 Å². The molecule has 0 saturated carbocycles. The highest BCUT2D eigenvalue weighted by Crippen LogP contribution is 2.41. The van der Waals surface area contributed by atoms with Gasteiger partial charge in [0.1, 0.15) is 11.9 Å². The van der Waals surface area contributed by atoms with Gasteiger partial charge in [-0.15, -0.1) is 22.7 Å². The highest BCUT2D eigenvalue weighted by Gasteiger charge is 2.26. The van der Waals surface area contributed by atoms with Crippen LogP contribution in [0.1, 0.15) is 32.6 Å². The van der Waals surface area contributed by atoms with Crippen LogP contribution >= 0.6 is 34.3 Å². The van der Waals surface area contributed by atoms with Gasteiger partial charge in [0, 0.05) is 27.8 Å². The molecular weight excluding hydrogens is 438 g/mol. The van der Waals surface area contributed by atoms with Gasteiger partial charge in [-0.2, -0.15) is 0 Å². The minimum Gasteiger partial charge on any atom is -0.486 e. The van der Waals surface area contributed by atoms with Crippen LogP contribution in [-0.4, -0.2) is 24.3 Å². The Morgan fingerprint density at radius 3 is 2.83 bits per heavy atom. The summed E-state index contributed by atoms with van der Waals surface area (Å²) in [5.41, 5.74) is 3.14. The molecule has 3 aromatic rings. The molecule has 1 aromatic carbocycles. The zero-order valence-corrected chi connectivity index (χ0v) is 18.9. The summed E-state index contributed by atoms with van der Waals surface area (Å²) < 4.78 is 5.97. The lowest BCUT2D eigenvalue weighted by Crippen LogP contribution is -2.33. The number of aryl methyl sites for hydroxylation is 1. The van der Waals surface area contributed by atoms with Crippen molar-refractivity contribution in [3.8, 4) is 16.2 Å². The van der Waals surface area contributed by atoms with Crippen LogP contribution < -0.4 is 10.1 Å². The minimum absolute atomic E-state index is 0.0564. The molecule has 1 amide bonds. The largest absolute Gasteiger partial charge is 0.486 e. The number of ether oxygens (including phenoxy) is 1. The predicted octanol–water partition coefficient (Wildman–Crippen LogP) is 5.77. The van der Waals surface area contributed by atoms with Gasteiger partial charge in [-0.3, -0.25) is 9.59 Å². The van der Waals surface area contributed by atoms with Crippen molar-refractivity contribution < 1.29 is 14.3 Å². The number of ketones is 1. The molecule has 4 rings (SSSR count). The van der Waals surface area contributed by atoms with E-state index in [1.807, 2.05) is 42.6 Å². The maximum Gasteiger partial charge on any atom is 0.244 e. The molecule has 1 unspecified atom stereocenters. The second-order valence-corrected chi connectivity index (χ2v) is 9.60. The van der Waals surface area contributed by atoms with E-state index < -0.39 is 0 Å². The number of Topliss-reactive ketones (excluding diaryl/α,β-unsaturated/α-hetero) is 1. The molecular formula is C23H20ClNO3S2. The van der Waals surface area contributed by atoms with Gasteiger partial charge in [0.15, 0.2) is 5.78 Å². The molecule has 1 N–H and O–H groups in total. The Kier molecular flexibility index (Phi) is 6.09. The number of fused-ring (bicyclic) bond motifs is 1. The van der Waals surface area contributed by atoms with Crippen LogP contribution in [0.5, 0.6) is 5.75 Å². The van der Waals surface area contributed by atoms with Crippen LogP contribution in [0.2, 0.25) is 5.02 Å². The van der Waals surface area contributed by atoms with Crippen molar-refractivity contribution in [1.29, 1.82) is 0 Å². The lowest BCUT2D eigenvalue weighted by atomic mass is 10.1. The number of rotatable bonds is 6. The summed E-state index contributed by atoms with van der Waals surface area (Å²) in [5.74, 6) is 0.582. The van der Waals surface area contributed by atoms with E-state index in [4.69, 9.17) is 16.3 Å². The second-order valence-electron chi connectivity index (χ2n) is 7.16. The molecule has 2 aromatic heterocycles. The third kappa shape index (κ3) is 4.51. The number of carbonyl (C=O) groups is 2. The Hall–Kier alpha value is -2.41. The smallest absolute Gasteiger partial charge is 0.244 e. The predicted molar refractivity (Wildman–Crippen MR) is 124 cm³/mol. The van der Waals surface area contributed by atoms with Crippen LogP contribution in [0.3, 0.4) is 0 Å². The monoisotopic (exact) mass is 457 g/mol. The molecule has 3 heterocycles. The van der Waals surface area contributed by atoms with E-state index in [1.54, 1.807) is 24.3 Å². The lowest BCUT2D eigenvalue weighted by Gasteiger charge is -2.11. The molecule has 0 aliphatic carbocycles. The SMILES string of the molecule is CC(=O)c1ccc(-c2cc(Cl)c3c(c2)CC(CNC(=O)/C=C/c2sccc2C)O3)s1. The van der Waals surface area contributed by atoms with Crippen LogP contribution in [0, 0.1) is 6.92 Å². The molecule has 0 bridgehead atoms. The van der Waals surface area contributed by atoms with E-state index in [0.29, 0.717) is 23.7 Å². The standard InChI is InChI=1S/C23H20ClNO3S2/c1-13-7-8-29-19(13)5-6-22(27)25-12-17-10-16-9-15(11-18(24)23(16)28-17)21-4-3-20(30-21)14(2)26/h3-9,11,17H,10,12H2,1-2H3,(H,25,27)/b6-5+. The van der Waals surface area contributed by atoms with Crippen molar-refractivity contribution in [2.75, 3.05) is 6.54 Å². The minimum atomic E-state index is -0.162. The normalized spacial score (nSPS) is 15.2. The van der Waals surface area contributed by atoms with Crippen LogP contribution in [-0.2, 0) is 11.2 Å². The highest BCUT2D eigenvalue weighted by atomic mass is 35.5. The van der Waals surface area contributed by atoms with E-state index in [-0.39, 0.29) is 17.8 Å². The molecule has 30 heavy (non-hydrogen) atoms. The van der Waals surface area contributed by atoms with Crippen LogP contribution in [0.4, 0.5) is 0 Å². The number of amides is 1. The molecule has 7 heteroatoms. The Morgan fingerprint density at radius 2 is 2.13 bits per heavy atom. The first-order chi connectivity index (χ1) is 14.4. The average molecular weight is 458 g/mol. The Labute approximate surface area is 188 Å². The number of hydrogen-bond donors (Lipinski definition) is 1. The van der Waals surface area contributed by atoms with E-state index in [0.717, 1.165) is 31.3 Å². The van der Waals surface area contributed by atoms with Gasteiger partial charge in [0.25, 0.3) is 0 Å². The molecule has 1 atom stereocenters. The van der Waals surface area contributed by atoms with Crippen molar-refractivity contribution >= 4 is 52.0 Å². The summed E-state index contributed by atoms with van der Waals surface area (Å²) in [7, 11) is 0. The van der Waals surface area contributed by atoms with Crippen molar-refractivity contribution in [1.82, 2.24) is 5.32 Å². The van der Waals surface area contributed by atoms with E-state index in [2.05, 4.69) is 11.4 Å². The van der Waals surface area contributed by atoms with Gasteiger partial charge in [-0.25, -0.2) is 0 Å². The number of carbonyl (C=O) groups excluding carboxylic acids is 2. The average Bonchev–Trinajstić information content (AvgIpc) is 3.44. The first kappa shape index (κ1) is 20.8. The van der Waals surface area contributed by atoms with Crippen molar-refractivity contribution in [2.24, 2.45) is 0 Å². The third-order valence-corrected chi connectivity index (χ3v) is 7.38. The van der Waals surface area contributed by atoms with Crippen molar-refractivity contribution in [3.63, 3.8) is 0 Å². The number of hydrogen-bond acceptors (Lipinski definition) is 5. The fraction of sp³-hybridized carbons (Fsp3) is 0.217. The summed E-state index contributed by atoms with van der Waals surface area (Å²) in [6, 6.07) is 9.72. The summed E-state index contributed by atoms with van der Waals surface area (Å²) in [4.78, 5) is 26.5. The first-order valence-electron chi connectivity index (χ1n) is 9.51. The number of halogens is 1. The summed E-state index contributed by atoms with van der Waals surface area (Å²) in [5, 5.41) is 5.45. The third-order valence-electron chi connectivity index (χ3n) is 4.88. The Balaban J connectivity index is 1.40. The molecule has 1 aliphatic heterocycles. The summed E-state index contributed by atoms with van der Waals surface area (Å²) in [6.07, 6.45) is 3.89. The molecule has 0 saturated heterocycles. The van der Waals surface area contributed by atoms with Gasteiger partial charge in [0.2, 0.25) is 5.91 Å². The van der Waals surface area contributed by atoms with Crippen molar-refractivity contribution in [2.45, 2.75) is 26.4 Å². The maximum atomic E-state index is 12.1. The van der Waals surface area contributed by atoms with E-state index >= 15 is 0 Å². The summed E-state index contributed by atoms with van der Waals surface area (Å²) >= 11 is 9.52. The number of benzene rings is 1. The first-order valence-corrected chi connectivity index (χ1v) is 11.6. The Bertz CT molecular complexity index is 1150. The molecule has 4 nitrogen and oxygen atoms in total. The lowest BCUT2D eigenvalue weighted by molar-refractivity contribution is -0.116. The maximum absolute atomic E-state index is 12.1. The zero-order valence-electron chi connectivity index (χ0n) is 16.5. The van der Waals surface area contributed by atoms with Gasteiger partial charge in [0.05, 0.1) is 16.4 Å². The van der Waals surface area contributed by atoms with Crippen LogP contribution in [0.25, 0.3) is 16.5 Å². The van der Waals surface area contributed by atoms with Gasteiger partial charge in [-0.1, -0.05) is 11.6 Å². The van der Waals surface area contributed by atoms with Gasteiger partial charge in [-0.05, 0) is 66.8 Å². The fourth-order valence-electron chi connectivity index (χ4n) is 3.31. The number of thiophene rings is 2. The van der Waals surface area contributed by atoms with Crippen molar-refractivity contribution in [3.05, 3.63) is 67.7 Å². The molecule has 1 aliphatic rings. The molecule has 0 spiro atoms. The zero-order chi connectivity index (χ0) is 21.3. The Morgan fingerprint density at radius 1 is 1.30 bits per heavy atom. The van der Waals surface area contributed by atoms with E-state index in [9.17, 15) is 9.59 Å². The molecule has 0 radical (unpaired) electrons. The summed E-state index contributed by atoms with van der Waals surface area (Å²) in [6.45, 7) is 3.99. The van der Waals surface area contributed by atoms with Gasteiger partial charge < -0.3 is 10.1 Å². The highest BCUT2D eigenvalue weighted by molar-refractivity contribution is 7.17. The number of nitrogens with one attached hydrogen (secondary N) is 1. The van der Waals surface area contributed by atoms with Gasteiger partial charge >= 0.3 is 0 Å². The quantitative estimate of drug-likeness (QED) is 0.377. The molecule has 0 fully saturated rings.